The minimum atomic E-state index is -0.963. The number of halogens is 1. The highest BCUT2D eigenvalue weighted by Gasteiger charge is 2.07. The zero-order valence-corrected chi connectivity index (χ0v) is 11.9. The Morgan fingerprint density at radius 3 is 2.00 bits per heavy atom. The van der Waals surface area contributed by atoms with Crippen LogP contribution in [0.5, 0.6) is 0 Å². The van der Waals surface area contributed by atoms with Gasteiger partial charge < -0.3 is 5.11 Å². The highest BCUT2D eigenvalue weighted by Crippen LogP contribution is 2.25. The van der Waals surface area contributed by atoms with Crippen LogP contribution in [-0.4, -0.2) is 11.1 Å². The Morgan fingerprint density at radius 2 is 1.55 bits per heavy atom. The number of carboxylic acids is 1. The van der Waals surface area contributed by atoms with E-state index in [2.05, 4.69) is 6.92 Å². The maximum absolute atomic E-state index is 11.0. The monoisotopic (exact) mass is 286 g/mol. The number of carbonyl (C=O) groups is 1. The number of aliphatic carboxylic acids is 1. The summed E-state index contributed by atoms with van der Waals surface area (Å²) in [5.74, 6) is -0.963. The summed E-state index contributed by atoms with van der Waals surface area (Å²) in [6.45, 7) is 2.09. The molecule has 0 aliphatic carbocycles. The number of hydrogen-bond donors (Lipinski definition) is 1. The molecule has 0 amide bonds. The lowest BCUT2D eigenvalue weighted by Gasteiger charge is -2.09. The number of rotatable bonds is 4. The number of hydrogen-bond acceptors (Lipinski definition) is 1. The molecule has 3 heteroatoms. The van der Waals surface area contributed by atoms with E-state index >= 15 is 0 Å². The van der Waals surface area contributed by atoms with Gasteiger partial charge >= 0.3 is 5.97 Å². The predicted molar refractivity (Wildman–Crippen MR) is 82.0 cm³/mol. The van der Waals surface area contributed by atoms with E-state index in [0.717, 1.165) is 17.5 Å². The highest BCUT2D eigenvalue weighted by molar-refractivity contribution is 6.30. The predicted octanol–water partition coefficient (Wildman–Crippen LogP) is 4.42. The van der Waals surface area contributed by atoms with Gasteiger partial charge in [0.1, 0.15) is 0 Å². The Kier molecular flexibility index (Phi) is 4.59. The molecule has 0 saturated carbocycles. The van der Waals surface area contributed by atoms with Crippen LogP contribution in [-0.2, 0) is 11.2 Å². The standard InChI is InChI=1S/C17H15ClO2/c1-2-12-3-5-13(6-4-12)16(11-17(19)20)14-7-9-15(18)10-8-14/h3-11H,2H2,1H3,(H,19,20)/b16-11-. The van der Waals surface area contributed by atoms with Gasteiger partial charge in [-0.05, 0) is 40.8 Å². The first-order chi connectivity index (χ1) is 9.60. The van der Waals surface area contributed by atoms with E-state index < -0.39 is 5.97 Å². The Morgan fingerprint density at radius 1 is 1.05 bits per heavy atom. The summed E-state index contributed by atoms with van der Waals surface area (Å²) < 4.78 is 0. The van der Waals surface area contributed by atoms with E-state index in [1.807, 2.05) is 36.4 Å². The van der Waals surface area contributed by atoms with Crippen molar-refractivity contribution in [2.75, 3.05) is 0 Å². The summed E-state index contributed by atoms with van der Waals surface area (Å²) in [5.41, 5.74) is 3.62. The Balaban J connectivity index is 2.47. The van der Waals surface area contributed by atoms with Gasteiger partial charge in [-0.2, -0.15) is 0 Å². The second-order valence-corrected chi connectivity index (χ2v) is 4.89. The van der Waals surface area contributed by atoms with E-state index in [4.69, 9.17) is 16.7 Å². The second-order valence-electron chi connectivity index (χ2n) is 4.45. The van der Waals surface area contributed by atoms with E-state index in [0.29, 0.717) is 10.6 Å². The van der Waals surface area contributed by atoms with E-state index in [1.54, 1.807) is 12.1 Å². The molecule has 0 aliphatic heterocycles. The van der Waals surface area contributed by atoms with Crippen LogP contribution in [0.2, 0.25) is 5.02 Å². The van der Waals surface area contributed by atoms with Crippen LogP contribution in [0.15, 0.2) is 54.6 Å². The summed E-state index contributed by atoms with van der Waals surface area (Å²) in [6, 6.07) is 15.1. The van der Waals surface area contributed by atoms with E-state index in [1.165, 1.54) is 11.6 Å². The third-order valence-corrected chi connectivity index (χ3v) is 3.35. The van der Waals surface area contributed by atoms with Gasteiger partial charge in [0.25, 0.3) is 0 Å². The van der Waals surface area contributed by atoms with Crippen LogP contribution in [0, 0.1) is 0 Å². The fourth-order valence-electron chi connectivity index (χ4n) is 2.01. The minimum Gasteiger partial charge on any atom is -0.478 e. The molecule has 2 nitrogen and oxygen atoms in total. The summed E-state index contributed by atoms with van der Waals surface area (Å²) >= 11 is 5.87. The zero-order chi connectivity index (χ0) is 14.5. The third kappa shape index (κ3) is 3.49. The molecule has 0 saturated heterocycles. The topological polar surface area (TPSA) is 37.3 Å². The lowest BCUT2D eigenvalue weighted by Crippen LogP contribution is -1.95. The lowest BCUT2D eigenvalue weighted by molar-refractivity contribution is -0.131. The zero-order valence-electron chi connectivity index (χ0n) is 11.1. The van der Waals surface area contributed by atoms with Crippen molar-refractivity contribution in [2.45, 2.75) is 13.3 Å². The van der Waals surface area contributed by atoms with Crippen molar-refractivity contribution >= 4 is 23.1 Å². The van der Waals surface area contributed by atoms with Crippen molar-refractivity contribution < 1.29 is 9.90 Å². The van der Waals surface area contributed by atoms with Crippen molar-refractivity contribution in [3.63, 3.8) is 0 Å². The van der Waals surface area contributed by atoms with Gasteiger partial charge in [-0.3, -0.25) is 0 Å². The van der Waals surface area contributed by atoms with Crippen molar-refractivity contribution in [2.24, 2.45) is 0 Å². The van der Waals surface area contributed by atoms with Crippen LogP contribution >= 0.6 is 11.6 Å². The molecule has 0 unspecified atom stereocenters. The average Bonchev–Trinajstić information content (AvgIpc) is 2.46. The molecule has 1 N–H and O–H groups in total. The first-order valence-corrected chi connectivity index (χ1v) is 6.78. The van der Waals surface area contributed by atoms with Gasteiger partial charge in [0, 0.05) is 11.1 Å². The van der Waals surface area contributed by atoms with Gasteiger partial charge in [0.2, 0.25) is 0 Å². The van der Waals surface area contributed by atoms with Crippen LogP contribution in [0.3, 0.4) is 0 Å². The smallest absolute Gasteiger partial charge is 0.328 e. The summed E-state index contributed by atoms with van der Waals surface area (Å²) in [6.07, 6.45) is 2.18. The Bertz CT molecular complexity index is 625. The van der Waals surface area contributed by atoms with Gasteiger partial charge in [0.15, 0.2) is 0 Å². The maximum Gasteiger partial charge on any atom is 0.328 e. The molecular weight excluding hydrogens is 272 g/mol. The number of benzene rings is 2. The fraction of sp³-hybridized carbons (Fsp3) is 0.118. The molecule has 0 atom stereocenters. The van der Waals surface area contributed by atoms with Crippen LogP contribution in [0.1, 0.15) is 23.6 Å². The maximum atomic E-state index is 11.0. The molecule has 0 aromatic heterocycles. The third-order valence-electron chi connectivity index (χ3n) is 3.10. The second kappa shape index (κ2) is 6.40. The summed E-state index contributed by atoms with van der Waals surface area (Å²) in [5, 5.41) is 9.69. The molecule has 20 heavy (non-hydrogen) atoms. The number of aryl methyl sites for hydroxylation is 1. The first kappa shape index (κ1) is 14.4. The van der Waals surface area contributed by atoms with Crippen molar-refractivity contribution in [1.82, 2.24) is 0 Å². The van der Waals surface area contributed by atoms with E-state index in [9.17, 15) is 4.79 Å². The van der Waals surface area contributed by atoms with Crippen LogP contribution in [0.4, 0.5) is 0 Å². The fourth-order valence-corrected chi connectivity index (χ4v) is 2.13. The molecule has 2 rings (SSSR count). The average molecular weight is 287 g/mol. The van der Waals surface area contributed by atoms with Crippen molar-refractivity contribution in [3.8, 4) is 0 Å². The van der Waals surface area contributed by atoms with Crippen LogP contribution in [0.25, 0.3) is 5.57 Å². The van der Waals surface area contributed by atoms with Crippen molar-refractivity contribution in [1.29, 1.82) is 0 Å². The molecule has 102 valence electrons. The van der Waals surface area contributed by atoms with Gasteiger partial charge in [-0.25, -0.2) is 4.79 Å². The minimum absolute atomic E-state index is 0.629. The normalized spacial score (nSPS) is 11.4. The van der Waals surface area contributed by atoms with Gasteiger partial charge in [-0.1, -0.05) is 54.9 Å². The van der Waals surface area contributed by atoms with Crippen LogP contribution < -0.4 is 0 Å². The molecule has 0 fully saturated rings. The summed E-state index contributed by atoms with van der Waals surface area (Å²) in [4.78, 5) is 11.0. The Hall–Kier alpha value is -2.06. The molecule has 2 aromatic rings. The summed E-state index contributed by atoms with van der Waals surface area (Å²) in [7, 11) is 0. The number of carboxylic acid groups (broad SMARTS) is 1. The van der Waals surface area contributed by atoms with Gasteiger partial charge in [-0.15, -0.1) is 0 Å². The van der Waals surface area contributed by atoms with Gasteiger partial charge in [0.05, 0.1) is 0 Å². The lowest BCUT2D eigenvalue weighted by atomic mass is 9.96. The highest BCUT2D eigenvalue weighted by atomic mass is 35.5. The Labute approximate surface area is 123 Å². The molecule has 0 bridgehead atoms. The molecular formula is C17H15ClO2. The largest absolute Gasteiger partial charge is 0.478 e. The quantitative estimate of drug-likeness (QED) is 0.845. The molecule has 2 aromatic carbocycles. The molecule has 0 spiro atoms. The molecule has 0 heterocycles. The SMILES string of the molecule is CCc1ccc(/C(=C/C(=O)O)c2ccc(Cl)cc2)cc1. The van der Waals surface area contributed by atoms with E-state index in [-0.39, 0.29) is 0 Å². The first-order valence-electron chi connectivity index (χ1n) is 6.40. The molecule has 0 aliphatic rings. The van der Waals surface area contributed by atoms with Crippen molar-refractivity contribution in [3.05, 3.63) is 76.3 Å². The molecule has 0 radical (unpaired) electrons.